The van der Waals surface area contributed by atoms with Gasteiger partial charge in [-0.1, -0.05) is 6.92 Å². The molecule has 15 heavy (non-hydrogen) atoms. The van der Waals surface area contributed by atoms with Crippen LogP contribution in [0.25, 0.3) is 0 Å². The lowest BCUT2D eigenvalue weighted by Crippen LogP contribution is -2.28. The van der Waals surface area contributed by atoms with Crippen molar-refractivity contribution in [2.75, 3.05) is 25.0 Å². The van der Waals surface area contributed by atoms with Crippen LogP contribution in [0, 0.1) is 17.6 Å². The average Bonchev–Trinajstić information content (AvgIpc) is 2.21. The third-order valence-electron chi connectivity index (χ3n) is 2.33. The number of halogens is 2. The zero-order valence-corrected chi connectivity index (χ0v) is 9.00. The van der Waals surface area contributed by atoms with Crippen molar-refractivity contribution in [3.63, 3.8) is 0 Å². The molecule has 4 heteroatoms. The second-order valence-corrected chi connectivity index (χ2v) is 3.82. The monoisotopic (exact) mass is 214 g/mol. The summed E-state index contributed by atoms with van der Waals surface area (Å²) < 4.78 is 25.6. The van der Waals surface area contributed by atoms with E-state index < -0.39 is 11.6 Å². The lowest BCUT2D eigenvalue weighted by Gasteiger charge is -2.22. The van der Waals surface area contributed by atoms with Crippen LogP contribution in [-0.4, -0.2) is 20.1 Å². The van der Waals surface area contributed by atoms with E-state index in [-0.39, 0.29) is 0 Å². The van der Waals surface area contributed by atoms with Gasteiger partial charge >= 0.3 is 0 Å². The van der Waals surface area contributed by atoms with E-state index in [0.717, 1.165) is 12.6 Å². The van der Waals surface area contributed by atoms with E-state index in [1.807, 2.05) is 18.9 Å². The standard InChI is InChI=1S/C11H16F2N2/c1-8(6-14)7-15(2)9-3-4-10(12)11(13)5-9/h3-5,8H,6-7,14H2,1-2H3. The van der Waals surface area contributed by atoms with E-state index in [1.165, 1.54) is 6.07 Å². The minimum Gasteiger partial charge on any atom is -0.374 e. The quantitative estimate of drug-likeness (QED) is 0.830. The van der Waals surface area contributed by atoms with Crippen molar-refractivity contribution >= 4 is 5.69 Å². The summed E-state index contributed by atoms with van der Waals surface area (Å²) >= 11 is 0. The van der Waals surface area contributed by atoms with Crippen molar-refractivity contribution in [1.82, 2.24) is 0 Å². The number of nitrogens with zero attached hydrogens (tertiary/aromatic N) is 1. The third-order valence-corrected chi connectivity index (χ3v) is 2.33. The summed E-state index contributed by atoms with van der Waals surface area (Å²) in [5.74, 6) is -1.32. The van der Waals surface area contributed by atoms with Gasteiger partial charge in [0.05, 0.1) is 0 Å². The first-order chi connectivity index (χ1) is 7.04. The highest BCUT2D eigenvalue weighted by Gasteiger charge is 2.08. The number of rotatable bonds is 4. The van der Waals surface area contributed by atoms with Gasteiger partial charge in [-0.2, -0.15) is 0 Å². The molecule has 0 heterocycles. The van der Waals surface area contributed by atoms with Crippen molar-refractivity contribution in [2.24, 2.45) is 11.7 Å². The van der Waals surface area contributed by atoms with Crippen LogP contribution in [-0.2, 0) is 0 Å². The van der Waals surface area contributed by atoms with Crippen LogP contribution in [0.5, 0.6) is 0 Å². The van der Waals surface area contributed by atoms with Gasteiger partial charge in [0.2, 0.25) is 0 Å². The number of nitrogens with two attached hydrogens (primary N) is 1. The first kappa shape index (κ1) is 11.9. The van der Waals surface area contributed by atoms with Gasteiger partial charge in [-0.15, -0.1) is 0 Å². The van der Waals surface area contributed by atoms with E-state index in [4.69, 9.17) is 5.73 Å². The number of benzene rings is 1. The lowest BCUT2D eigenvalue weighted by atomic mass is 10.1. The Kier molecular flexibility index (Phi) is 4.03. The zero-order valence-electron chi connectivity index (χ0n) is 9.00. The van der Waals surface area contributed by atoms with Crippen LogP contribution in [0.1, 0.15) is 6.92 Å². The molecular weight excluding hydrogens is 198 g/mol. The number of anilines is 1. The molecule has 0 fully saturated rings. The Morgan fingerprint density at radius 2 is 2.00 bits per heavy atom. The highest BCUT2D eigenvalue weighted by molar-refractivity contribution is 5.45. The Bertz CT molecular complexity index is 328. The molecule has 0 spiro atoms. The zero-order chi connectivity index (χ0) is 11.4. The predicted molar refractivity (Wildman–Crippen MR) is 57.8 cm³/mol. The first-order valence-electron chi connectivity index (χ1n) is 4.91. The Hall–Kier alpha value is -1.16. The van der Waals surface area contributed by atoms with Gasteiger partial charge in [0.1, 0.15) is 0 Å². The maximum Gasteiger partial charge on any atom is 0.160 e. The average molecular weight is 214 g/mol. The van der Waals surface area contributed by atoms with Gasteiger partial charge in [0, 0.05) is 25.3 Å². The van der Waals surface area contributed by atoms with Gasteiger partial charge in [-0.25, -0.2) is 8.78 Å². The summed E-state index contributed by atoms with van der Waals surface area (Å²) in [6.07, 6.45) is 0. The van der Waals surface area contributed by atoms with Crippen molar-refractivity contribution in [3.8, 4) is 0 Å². The SMILES string of the molecule is CC(CN)CN(C)c1ccc(F)c(F)c1. The first-order valence-corrected chi connectivity index (χ1v) is 4.91. The van der Waals surface area contributed by atoms with Crippen molar-refractivity contribution in [1.29, 1.82) is 0 Å². The molecule has 0 bridgehead atoms. The molecule has 1 unspecified atom stereocenters. The minimum atomic E-state index is -0.820. The van der Waals surface area contributed by atoms with Gasteiger partial charge in [0.25, 0.3) is 0 Å². The molecule has 84 valence electrons. The molecule has 1 aromatic carbocycles. The Balaban J connectivity index is 2.73. The van der Waals surface area contributed by atoms with Gasteiger partial charge < -0.3 is 10.6 Å². The number of hydrogen-bond donors (Lipinski definition) is 1. The number of hydrogen-bond acceptors (Lipinski definition) is 2. The summed E-state index contributed by atoms with van der Waals surface area (Å²) in [4.78, 5) is 1.86. The molecule has 0 aliphatic rings. The fraction of sp³-hybridized carbons (Fsp3) is 0.455. The fourth-order valence-corrected chi connectivity index (χ4v) is 1.37. The van der Waals surface area contributed by atoms with E-state index in [0.29, 0.717) is 18.2 Å². The Morgan fingerprint density at radius 1 is 1.33 bits per heavy atom. The van der Waals surface area contributed by atoms with Gasteiger partial charge in [0.15, 0.2) is 11.6 Å². The van der Waals surface area contributed by atoms with Crippen molar-refractivity contribution < 1.29 is 8.78 Å². The molecule has 0 aliphatic carbocycles. The maximum atomic E-state index is 12.9. The summed E-state index contributed by atoms with van der Waals surface area (Å²) in [5.41, 5.74) is 6.15. The predicted octanol–water partition coefficient (Wildman–Crippen LogP) is 2.00. The van der Waals surface area contributed by atoms with Crippen LogP contribution < -0.4 is 10.6 Å². The molecule has 0 aromatic heterocycles. The van der Waals surface area contributed by atoms with Crippen LogP contribution in [0.4, 0.5) is 14.5 Å². The summed E-state index contributed by atoms with van der Waals surface area (Å²) in [6, 6.07) is 3.88. The van der Waals surface area contributed by atoms with Crippen LogP contribution in [0.15, 0.2) is 18.2 Å². The van der Waals surface area contributed by atoms with Gasteiger partial charge in [-0.05, 0) is 24.6 Å². The summed E-state index contributed by atoms with van der Waals surface area (Å²) in [6.45, 7) is 3.31. The molecule has 0 radical (unpaired) electrons. The molecule has 0 saturated carbocycles. The van der Waals surface area contributed by atoms with E-state index >= 15 is 0 Å². The highest BCUT2D eigenvalue weighted by atomic mass is 19.2. The maximum absolute atomic E-state index is 12.9. The largest absolute Gasteiger partial charge is 0.374 e. The minimum absolute atomic E-state index is 0.322. The van der Waals surface area contributed by atoms with Crippen LogP contribution in [0.2, 0.25) is 0 Å². The second-order valence-electron chi connectivity index (χ2n) is 3.82. The molecule has 2 N–H and O–H groups in total. The molecule has 2 nitrogen and oxygen atoms in total. The molecule has 1 atom stereocenters. The second kappa shape index (κ2) is 5.07. The normalized spacial score (nSPS) is 12.6. The van der Waals surface area contributed by atoms with Crippen LogP contribution in [0.3, 0.4) is 0 Å². The van der Waals surface area contributed by atoms with Crippen molar-refractivity contribution in [3.05, 3.63) is 29.8 Å². The smallest absolute Gasteiger partial charge is 0.160 e. The Morgan fingerprint density at radius 3 is 2.53 bits per heavy atom. The van der Waals surface area contributed by atoms with Crippen LogP contribution >= 0.6 is 0 Å². The third kappa shape index (κ3) is 3.16. The molecule has 0 aliphatic heterocycles. The molecular formula is C11H16F2N2. The van der Waals surface area contributed by atoms with E-state index in [1.54, 1.807) is 6.07 Å². The topological polar surface area (TPSA) is 29.3 Å². The molecule has 1 rings (SSSR count). The highest BCUT2D eigenvalue weighted by Crippen LogP contribution is 2.17. The summed E-state index contributed by atoms with van der Waals surface area (Å²) in [7, 11) is 1.83. The van der Waals surface area contributed by atoms with Crippen molar-refractivity contribution in [2.45, 2.75) is 6.92 Å². The molecule has 1 aromatic rings. The lowest BCUT2D eigenvalue weighted by molar-refractivity contribution is 0.507. The fourth-order valence-electron chi connectivity index (χ4n) is 1.37. The van der Waals surface area contributed by atoms with Gasteiger partial charge in [-0.3, -0.25) is 0 Å². The molecule has 0 saturated heterocycles. The van der Waals surface area contributed by atoms with E-state index in [9.17, 15) is 8.78 Å². The summed E-state index contributed by atoms with van der Waals surface area (Å²) in [5, 5.41) is 0. The van der Waals surface area contributed by atoms with E-state index in [2.05, 4.69) is 0 Å². The molecule has 0 amide bonds. The Labute approximate surface area is 88.7 Å².